The van der Waals surface area contributed by atoms with E-state index >= 15 is 0 Å². The second-order valence-corrected chi connectivity index (χ2v) is 4.76. The average molecular weight is 247 g/mol. The summed E-state index contributed by atoms with van der Waals surface area (Å²) >= 11 is 0. The number of carboxylic acid groups (broad SMARTS) is 1. The topological polar surface area (TPSA) is 66.4 Å². The third-order valence-electron chi connectivity index (χ3n) is 3.50. The third kappa shape index (κ3) is 2.23. The number of aryl methyl sites for hydroxylation is 1. The monoisotopic (exact) mass is 247 g/mol. The van der Waals surface area contributed by atoms with Crippen molar-refractivity contribution in [3.63, 3.8) is 0 Å². The van der Waals surface area contributed by atoms with E-state index in [0.717, 1.165) is 36.0 Å². The van der Waals surface area contributed by atoms with Crippen molar-refractivity contribution in [2.45, 2.75) is 39.2 Å². The molecule has 18 heavy (non-hydrogen) atoms. The normalized spacial score (nSPS) is 18.0. The maximum atomic E-state index is 11.2. The van der Waals surface area contributed by atoms with Gasteiger partial charge in [0.2, 0.25) is 5.91 Å². The van der Waals surface area contributed by atoms with Crippen LogP contribution in [0.3, 0.4) is 0 Å². The Morgan fingerprint density at radius 1 is 1.39 bits per heavy atom. The Bertz CT molecular complexity index is 508. The number of benzene rings is 1. The largest absolute Gasteiger partial charge is 0.478 e. The third-order valence-corrected chi connectivity index (χ3v) is 3.50. The van der Waals surface area contributed by atoms with Gasteiger partial charge in [-0.05, 0) is 48.9 Å². The lowest BCUT2D eigenvalue weighted by Crippen LogP contribution is -2.30. The highest BCUT2D eigenvalue weighted by Crippen LogP contribution is 2.33. The Morgan fingerprint density at radius 3 is 2.72 bits per heavy atom. The molecule has 0 saturated heterocycles. The van der Waals surface area contributed by atoms with Gasteiger partial charge in [0.15, 0.2) is 0 Å². The molecule has 0 heterocycles. The minimum Gasteiger partial charge on any atom is -0.478 e. The molecule has 2 N–H and O–H groups in total. The van der Waals surface area contributed by atoms with Gasteiger partial charge in [-0.25, -0.2) is 4.79 Å². The molecule has 0 aromatic heterocycles. The number of rotatable bonds is 2. The van der Waals surface area contributed by atoms with Crippen molar-refractivity contribution in [1.82, 2.24) is 5.32 Å². The molecule has 1 aromatic rings. The van der Waals surface area contributed by atoms with Crippen molar-refractivity contribution in [2.75, 3.05) is 0 Å². The highest BCUT2D eigenvalue weighted by Gasteiger charge is 2.25. The molecule has 1 unspecified atom stereocenters. The fourth-order valence-corrected chi connectivity index (χ4v) is 2.75. The molecule has 0 saturated carbocycles. The number of hydrogen-bond donors (Lipinski definition) is 2. The first-order chi connectivity index (χ1) is 8.50. The maximum absolute atomic E-state index is 11.2. The molecule has 1 atom stereocenters. The first kappa shape index (κ1) is 12.6. The Hall–Kier alpha value is -1.84. The fourth-order valence-electron chi connectivity index (χ4n) is 2.75. The van der Waals surface area contributed by atoms with E-state index in [2.05, 4.69) is 5.32 Å². The summed E-state index contributed by atoms with van der Waals surface area (Å²) in [5.41, 5.74) is 3.25. The minimum absolute atomic E-state index is 0.0504. The van der Waals surface area contributed by atoms with E-state index < -0.39 is 5.97 Å². The predicted molar refractivity (Wildman–Crippen MR) is 67.6 cm³/mol. The van der Waals surface area contributed by atoms with Crippen molar-refractivity contribution in [2.24, 2.45) is 0 Å². The van der Waals surface area contributed by atoms with Crippen molar-refractivity contribution in [3.05, 3.63) is 34.4 Å². The van der Waals surface area contributed by atoms with E-state index in [1.54, 1.807) is 6.07 Å². The molecule has 0 bridgehead atoms. The average Bonchev–Trinajstić information content (AvgIpc) is 2.28. The number of carbonyl (C=O) groups is 2. The zero-order valence-corrected chi connectivity index (χ0v) is 10.6. The van der Waals surface area contributed by atoms with Gasteiger partial charge >= 0.3 is 5.97 Å². The minimum atomic E-state index is -0.914. The summed E-state index contributed by atoms with van der Waals surface area (Å²) in [6.45, 7) is 3.31. The zero-order chi connectivity index (χ0) is 13.3. The zero-order valence-electron chi connectivity index (χ0n) is 10.6. The van der Waals surface area contributed by atoms with Crippen LogP contribution in [0.4, 0.5) is 0 Å². The van der Waals surface area contributed by atoms with Crippen LogP contribution in [0.2, 0.25) is 0 Å². The second kappa shape index (κ2) is 4.80. The van der Waals surface area contributed by atoms with Gasteiger partial charge in [-0.15, -0.1) is 0 Å². The molecule has 1 amide bonds. The van der Waals surface area contributed by atoms with Crippen LogP contribution in [0.15, 0.2) is 12.1 Å². The van der Waals surface area contributed by atoms with E-state index in [-0.39, 0.29) is 11.9 Å². The van der Waals surface area contributed by atoms with Crippen LogP contribution in [-0.4, -0.2) is 17.0 Å². The lowest BCUT2D eigenvalue weighted by atomic mass is 9.83. The first-order valence-corrected chi connectivity index (χ1v) is 6.13. The van der Waals surface area contributed by atoms with Gasteiger partial charge in [0.25, 0.3) is 0 Å². The molecule has 4 heteroatoms. The number of aromatic carboxylic acids is 1. The number of carbonyl (C=O) groups excluding carboxylic acids is 1. The molecule has 1 aliphatic carbocycles. The van der Waals surface area contributed by atoms with Crippen LogP contribution in [-0.2, 0) is 11.2 Å². The van der Waals surface area contributed by atoms with Crippen LogP contribution < -0.4 is 5.32 Å². The molecule has 0 aliphatic heterocycles. The van der Waals surface area contributed by atoms with Crippen LogP contribution in [0.5, 0.6) is 0 Å². The Morgan fingerprint density at radius 2 is 2.11 bits per heavy atom. The van der Waals surface area contributed by atoms with Crippen LogP contribution in [0, 0.1) is 6.92 Å². The molecule has 0 spiro atoms. The molecule has 0 radical (unpaired) electrons. The molecular weight excluding hydrogens is 230 g/mol. The van der Waals surface area contributed by atoms with Gasteiger partial charge in [-0.2, -0.15) is 0 Å². The van der Waals surface area contributed by atoms with Gasteiger partial charge in [0.1, 0.15) is 0 Å². The van der Waals surface area contributed by atoms with Gasteiger partial charge in [0.05, 0.1) is 11.6 Å². The van der Waals surface area contributed by atoms with Crippen molar-refractivity contribution >= 4 is 11.9 Å². The first-order valence-electron chi connectivity index (χ1n) is 6.13. The second-order valence-electron chi connectivity index (χ2n) is 4.76. The highest BCUT2D eigenvalue weighted by atomic mass is 16.4. The van der Waals surface area contributed by atoms with Gasteiger partial charge in [-0.3, -0.25) is 4.79 Å². The Kier molecular flexibility index (Phi) is 3.36. The van der Waals surface area contributed by atoms with Crippen molar-refractivity contribution in [3.8, 4) is 0 Å². The fraction of sp³-hybridized carbons (Fsp3) is 0.429. The van der Waals surface area contributed by atoms with E-state index in [4.69, 9.17) is 5.11 Å². The summed E-state index contributed by atoms with van der Waals surface area (Å²) in [6, 6.07) is 3.48. The summed E-state index contributed by atoms with van der Waals surface area (Å²) in [7, 11) is 0. The summed E-state index contributed by atoms with van der Waals surface area (Å²) in [4.78, 5) is 22.4. The molecule has 0 fully saturated rings. The summed E-state index contributed by atoms with van der Waals surface area (Å²) in [5.74, 6) is -0.990. The Labute approximate surface area is 106 Å². The van der Waals surface area contributed by atoms with E-state index in [1.807, 2.05) is 13.0 Å². The smallest absolute Gasteiger partial charge is 0.335 e. The lowest BCUT2D eigenvalue weighted by Gasteiger charge is -2.28. The maximum Gasteiger partial charge on any atom is 0.335 e. The highest BCUT2D eigenvalue weighted by molar-refractivity contribution is 5.90. The van der Waals surface area contributed by atoms with Crippen LogP contribution >= 0.6 is 0 Å². The van der Waals surface area contributed by atoms with Crippen LogP contribution in [0.1, 0.15) is 52.9 Å². The molecular formula is C14H17NO3. The molecule has 2 rings (SSSR count). The Balaban J connectivity index is 2.49. The number of nitrogens with one attached hydrogen (secondary N) is 1. The van der Waals surface area contributed by atoms with Crippen molar-refractivity contribution in [1.29, 1.82) is 0 Å². The number of amides is 1. The summed E-state index contributed by atoms with van der Waals surface area (Å²) in [5, 5.41) is 12.1. The van der Waals surface area contributed by atoms with Crippen LogP contribution in [0.25, 0.3) is 0 Å². The standard InChI is InChI=1S/C14H17NO3/c1-8-11(14(17)18)7-6-10-4-3-5-12(13(8)10)15-9(2)16/h6-7,12H,3-5H2,1-2H3,(H,15,16)(H,17,18). The van der Waals surface area contributed by atoms with E-state index in [0.29, 0.717) is 5.56 Å². The summed E-state index contributed by atoms with van der Waals surface area (Å²) in [6.07, 6.45) is 2.84. The number of hydrogen-bond acceptors (Lipinski definition) is 2. The van der Waals surface area contributed by atoms with E-state index in [9.17, 15) is 9.59 Å². The van der Waals surface area contributed by atoms with E-state index in [1.165, 1.54) is 6.92 Å². The lowest BCUT2D eigenvalue weighted by molar-refractivity contribution is -0.119. The molecule has 1 aromatic carbocycles. The quantitative estimate of drug-likeness (QED) is 0.842. The van der Waals surface area contributed by atoms with Gasteiger partial charge < -0.3 is 10.4 Å². The predicted octanol–water partition coefficient (Wildman–Crippen LogP) is 2.21. The number of fused-ring (bicyclic) bond motifs is 1. The van der Waals surface area contributed by atoms with Gasteiger partial charge in [0, 0.05) is 6.92 Å². The SMILES string of the molecule is CC(=O)NC1CCCc2ccc(C(=O)O)c(C)c21. The molecule has 96 valence electrons. The molecule has 1 aliphatic rings. The summed E-state index contributed by atoms with van der Waals surface area (Å²) < 4.78 is 0. The molecule has 4 nitrogen and oxygen atoms in total. The van der Waals surface area contributed by atoms with Gasteiger partial charge in [-0.1, -0.05) is 6.07 Å². The number of carboxylic acids is 1. The van der Waals surface area contributed by atoms with Crippen molar-refractivity contribution < 1.29 is 14.7 Å².